The van der Waals surface area contributed by atoms with Crippen LogP contribution < -0.4 is 10.6 Å². The molecule has 0 spiro atoms. The Balaban J connectivity index is 1.45. The van der Waals surface area contributed by atoms with Gasteiger partial charge in [-0.1, -0.05) is 54.6 Å². The van der Waals surface area contributed by atoms with E-state index in [-0.39, 0.29) is 13.2 Å². The van der Waals surface area contributed by atoms with E-state index in [4.69, 9.17) is 38.4 Å². The highest BCUT2D eigenvalue weighted by molar-refractivity contribution is 7.99. The van der Waals surface area contributed by atoms with E-state index in [0.717, 1.165) is 27.3 Å². The number of halogens is 2. The van der Waals surface area contributed by atoms with E-state index in [1.54, 1.807) is 52.7 Å². The van der Waals surface area contributed by atoms with Gasteiger partial charge >= 0.3 is 6.09 Å². The van der Waals surface area contributed by atoms with Gasteiger partial charge in [0.1, 0.15) is 19.0 Å². The average molecular weight is 600 g/mol. The third-order valence-corrected chi connectivity index (χ3v) is 8.13. The van der Waals surface area contributed by atoms with Gasteiger partial charge in [-0.3, -0.25) is 14.4 Å². The van der Waals surface area contributed by atoms with Crippen LogP contribution in [0.5, 0.6) is 0 Å². The second-order valence-corrected chi connectivity index (χ2v) is 10.7. The van der Waals surface area contributed by atoms with E-state index >= 15 is 0 Å². The molecule has 1 aliphatic heterocycles. The van der Waals surface area contributed by atoms with Crippen molar-refractivity contribution >= 4 is 52.7 Å². The van der Waals surface area contributed by atoms with Crippen molar-refractivity contribution in [1.29, 1.82) is 0 Å². The van der Waals surface area contributed by atoms with Gasteiger partial charge in [0.2, 0.25) is 5.91 Å². The maximum absolute atomic E-state index is 13.0. The molecule has 4 rings (SSSR count). The molecular weight excluding hydrogens is 571 g/mol. The number of primary amides is 1. The summed E-state index contributed by atoms with van der Waals surface area (Å²) in [6.45, 7) is 10.3. The van der Waals surface area contributed by atoms with E-state index < -0.39 is 12.0 Å². The Morgan fingerprint density at radius 1 is 1.23 bits per heavy atom. The van der Waals surface area contributed by atoms with Crippen LogP contribution in [-0.2, 0) is 16.0 Å². The Morgan fingerprint density at radius 3 is 2.75 bits per heavy atom. The summed E-state index contributed by atoms with van der Waals surface area (Å²) in [6, 6.07) is 10.7. The lowest BCUT2D eigenvalue weighted by Crippen LogP contribution is -2.36. The van der Waals surface area contributed by atoms with Crippen molar-refractivity contribution < 1.29 is 19.1 Å². The molecule has 8 nitrogen and oxygen atoms in total. The summed E-state index contributed by atoms with van der Waals surface area (Å²) in [7, 11) is 0. The zero-order chi connectivity index (χ0) is 28.8. The Bertz CT molecular complexity index is 1500. The lowest BCUT2D eigenvalue weighted by atomic mass is 10.1. The van der Waals surface area contributed by atoms with Gasteiger partial charge in [0.15, 0.2) is 0 Å². The number of hydrogen-bond acceptors (Lipinski definition) is 6. The number of carbonyl (C=O) groups is 2. The summed E-state index contributed by atoms with van der Waals surface area (Å²) < 4.78 is 12.8. The molecule has 0 unspecified atom stereocenters. The molecule has 11 heteroatoms. The van der Waals surface area contributed by atoms with Crippen molar-refractivity contribution in [3.63, 3.8) is 0 Å². The Morgan fingerprint density at radius 2 is 2.00 bits per heavy atom. The molecule has 0 saturated carbocycles. The Kier molecular flexibility index (Phi) is 9.63. The van der Waals surface area contributed by atoms with Gasteiger partial charge in [-0.2, -0.15) is 5.10 Å². The number of nitrogens with zero attached hydrogens (tertiary/aromatic N) is 3. The van der Waals surface area contributed by atoms with Crippen molar-refractivity contribution in [2.75, 3.05) is 30.4 Å². The molecule has 2 heterocycles. The molecule has 2 amide bonds. The fourth-order valence-electron chi connectivity index (χ4n) is 4.04. The number of carbonyl (C=O) groups excluding carboxylic acids is 2. The van der Waals surface area contributed by atoms with Crippen LogP contribution in [-0.4, -0.2) is 47.3 Å². The SMILES string of the molecule is C=C/C(Cl)=C(/C)C(=C)OCCOC(=O)N1CCSc2c(-c3cnn(Cc4cc(C(N)=O)ccc4Cl)c3)cccc21. The highest BCUT2D eigenvalue weighted by atomic mass is 35.5. The van der Waals surface area contributed by atoms with E-state index in [2.05, 4.69) is 18.3 Å². The fourth-order valence-corrected chi connectivity index (χ4v) is 5.47. The van der Waals surface area contributed by atoms with E-state index in [1.807, 2.05) is 24.4 Å². The van der Waals surface area contributed by atoms with Crippen molar-refractivity contribution in [1.82, 2.24) is 9.78 Å². The summed E-state index contributed by atoms with van der Waals surface area (Å²) in [4.78, 5) is 27.1. The molecule has 0 atom stereocenters. The van der Waals surface area contributed by atoms with Crippen molar-refractivity contribution in [2.24, 2.45) is 5.73 Å². The number of rotatable bonds is 10. The summed E-state index contributed by atoms with van der Waals surface area (Å²) >= 11 is 14.1. The quantitative estimate of drug-likeness (QED) is 0.160. The number of anilines is 1. The normalized spacial score (nSPS) is 13.2. The number of benzene rings is 2. The van der Waals surface area contributed by atoms with Crippen LogP contribution in [0, 0.1) is 0 Å². The van der Waals surface area contributed by atoms with Crippen LogP contribution in [0.2, 0.25) is 5.02 Å². The molecule has 1 aromatic heterocycles. The molecule has 1 aliphatic rings. The van der Waals surface area contributed by atoms with Gasteiger partial charge in [0.25, 0.3) is 0 Å². The van der Waals surface area contributed by atoms with Crippen LogP contribution >= 0.6 is 35.0 Å². The van der Waals surface area contributed by atoms with Crippen molar-refractivity contribution in [3.8, 4) is 11.1 Å². The number of nitrogens with two attached hydrogens (primary N) is 1. The minimum absolute atomic E-state index is 0.0573. The number of amides is 2. The molecular formula is C29H28Cl2N4O4S. The topological polar surface area (TPSA) is 99.7 Å². The number of fused-ring (bicyclic) bond motifs is 1. The monoisotopic (exact) mass is 598 g/mol. The van der Waals surface area contributed by atoms with Crippen LogP contribution in [0.4, 0.5) is 10.5 Å². The van der Waals surface area contributed by atoms with E-state index in [9.17, 15) is 9.59 Å². The molecule has 0 aliphatic carbocycles. The largest absolute Gasteiger partial charge is 0.490 e. The second-order valence-electron chi connectivity index (χ2n) is 8.81. The lowest BCUT2D eigenvalue weighted by molar-refractivity contribution is 0.1000. The number of allylic oxidation sites excluding steroid dienone is 3. The van der Waals surface area contributed by atoms with Gasteiger partial charge in [0.05, 0.1) is 18.4 Å². The first-order valence-corrected chi connectivity index (χ1v) is 14.1. The van der Waals surface area contributed by atoms with Crippen molar-refractivity contribution in [3.05, 3.63) is 101 Å². The smallest absolute Gasteiger partial charge is 0.414 e. The van der Waals surface area contributed by atoms with Gasteiger partial charge in [-0.15, -0.1) is 11.8 Å². The molecule has 40 heavy (non-hydrogen) atoms. The molecule has 0 saturated heterocycles. The molecule has 0 bridgehead atoms. The zero-order valence-corrected chi connectivity index (χ0v) is 24.2. The highest BCUT2D eigenvalue weighted by Crippen LogP contribution is 2.42. The fraction of sp³-hybridized carbons (Fsp3) is 0.207. The predicted molar refractivity (Wildman–Crippen MR) is 160 cm³/mol. The van der Waals surface area contributed by atoms with Gasteiger partial charge in [-0.25, -0.2) is 4.79 Å². The molecule has 3 aromatic rings. The number of ether oxygens (including phenoxy) is 2. The highest BCUT2D eigenvalue weighted by Gasteiger charge is 2.26. The molecule has 208 valence electrons. The van der Waals surface area contributed by atoms with Crippen LogP contribution in [0.25, 0.3) is 11.1 Å². The standard InChI is InChI=1S/C29H28Cl2N4O4S/c1-4-24(30)18(2)19(3)38-11-12-39-29(37)35-10-13-40-27-23(6-5-7-26(27)35)22-15-33-34(17-22)16-21-14-20(28(32)36)8-9-25(21)31/h4-9,14-15,17H,1,3,10-13,16H2,2H3,(H2,32,36)/b24-18+. The minimum Gasteiger partial charge on any atom is -0.490 e. The molecule has 2 aromatic carbocycles. The molecule has 2 N–H and O–H groups in total. The third-order valence-electron chi connectivity index (χ3n) is 6.21. The Labute approximate surface area is 247 Å². The summed E-state index contributed by atoms with van der Waals surface area (Å²) in [5.74, 6) is 0.586. The number of thioether (sulfide) groups is 1. The van der Waals surface area contributed by atoms with E-state index in [0.29, 0.717) is 45.8 Å². The molecule has 0 radical (unpaired) electrons. The second kappa shape index (κ2) is 13.1. The molecule has 0 fully saturated rings. The Hall–Kier alpha value is -3.66. The maximum Gasteiger partial charge on any atom is 0.414 e. The van der Waals surface area contributed by atoms with Gasteiger partial charge < -0.3 is 15.2 Å². The van der Waals surface area contributed by atoms with Crippen molar-refractivity contribution in [2.45, 2.75) is 18.4 Å². The summed E-state index contributed by atoms with van der Waals surface area (Å²) in [5, 5.41) is 5.46. The first-order valence-electron chi connectivity index (χ1n) is 12.3. The van der Waals surface area contributed by atoms with Crippen LogP contribution in [0.1, 0.15) is 22.8 Å². The number of aromatic nitrogens is 2. The van der Waals surface area contributed by atoms with Crippen LogP contribution in [0.15, 0.2) is 89.3 Å². The maximum atomic E-state index is 13.0. The predicted octanol–water partition coefficient (Wildman–Crippen LogP) is 6.63. The van der Waals surface area contributed by atoms with Gasteiger partial charge in [0, 0.05) is 55.7 Å². The zero-order valence-electron chi connectivity index (χ0n) is 21.9. The lowest BCUT2D eigenvalue weighted by Gasteiger charge is -2.29. The van der Waals surface area contributed by atoms with E-state index in [1.165, 1.54) is 6.08 Å². The minimum atomic E-state index is -0.520. The van der Waals surface area contributed by atoms with Gasteiger partial charge in [-0.05, 0) is 36.8 Å². The first-order chi connectivity index (χ1) is 19.2. The first kappa shape index (κ1) is 29.3. The average Bonchev–Trinajstić information content (AvgIpc) is 3.42. The summed E-state index contributed by atoms with van der Waals surface area (Å²) in [6.07, 6.45) is 4.72. The third kappa shape index (κ3) is 6.72. The van der Waals surface area contributed by atoms with Crippen LogP contribution in [0.3, 0.4) is 0 Å². The number of hydrogen-bond donors (Lipinski definition) is 1. The summed E-state index contributed by atoms with van der Waals surface area (Å²) in [5.41, 5.74) is 9.80.